The van der Waals surface area contributed by atoms with Crippen LogP contribution < -0.4 is 5.32 Å². The molecule has 1 aliphatic rings. The number of carbonyl (C=O) groups excluding carboxylic acids is 1. The van der Waals surface area contributed by atoms with Crippen LogP contribution in [0.15, 0.2) is 18.2 Å². The number of hydrogen-bond donors (Lipinski definition) is 2. The molecule has 0 bridgehead atoms. The van der Waals surface area contributed by atoms with Gasteiger partial charge in [-0.1, -0.05) is 19.9 Å². The lowest BCUT2D eigenvalue weighted by atomic mass is 9.96. The quantitative estimate of drug-likeness (QED) is 0.754. The number of ether oxygens (including phenoxy) is 1. The summed E-state index contributed by atoms with van der Waals surface area (Å²) in [6, 6.07) is 6.13. The highest BCUT2D eigenvalue weighted by molar-refractivity contribution is 5.36. The minimum atomic E-state index is 0.375. The minimum absolute atomic E-state index is 0.375. The number of nitrogens with one attached hydrogen (secondary N) is 1. The molecule has 2 N–H and O–H groups in total. The van der Waals surface area contributed by atoms with Crippen molar-refractivity contribution in [2.45, 2.75) is 39.8 Å². The Labute approximate surface area is 109 Å². The van der Waals surface area contributed by atoms with Gasteiger partial charge in [0.05, 0.1) is 7.11 Å². The predicted octanol–water partition coefficient (Wildman–Crippen LogP) is 2.24. The second kappa shape index (κ2) is 9.48. The molecule has 0 saturated carbocycles. The number of fused-ring (bicyclic) bond motifs is 1. The summed E-state index contributed by atoms with van der Waals surface area (Å²) in [5, 5.41) is 12.6. The standard InChI is InChI=1S/C10H13NO.C2H4O2.C2H6/c1-7-4-9-5-10(12)3-2-8(9)6-11-7;1-4-2-3;1-2/h2-3,5,7,11-12H,4,6H2,1H3;2H,1H3;1-2H3. The Kier molecular flexibility index (Phi) is 8.66. The molecule has 0 saturated heterocycles. The van der Waals surface area contributed by atoms with E-state index in [1.54, 1.807) is 6.07 Å². The van der Waals surface area contributed by atoms with Crippen molar-refractivity contribution in [3.63, 3.8) is 0 Å². The first kappa shape index (κ1) is 16.4. The van der Waals surface area contributed by atoms with Crippen molar-refractivity contribution in [3.05, 3.63) is 29.3 Å². The summed E-state index contributed by atoms with van der Waals surface area (Å²) < 4.78 is 3.86. The Morgan fingerprint density at radius 3 is 2.56 bits per heavy atom. The smallest absolute Gasteiger partial charge is 0.292 e. The number of carbonyl (C=O) groups is 1. The summed E-state index contributed by atoms with van der Waals surface area (Å²) in [5.41, 5.74) is 2.59. The van der Waals surface area contributed by atoms with Gasteiger partial charge in [0.25, 0.3) is 6.47 Å². The molecule has 1 unspecified atom stereocenters. The van der Waals surface area contributed by atoms with Gasteiger partial charge in [-0.2, -0.15) is 0 Å². The van der Waals surface area contributed by atoms with Crippen molar-refractivity contribution < 1.29 is 14.6 Å². The van der Waals surface area contributed by atoms with Gasteiger partial charge >= 0.3 is 0 Å². The van der Waals surface area contributed by atoms with Crippen LogP contribution in [0, 0.1) is 0 Å². The summed E-state index contributed by atoms with van der Waals surface area (Å²) in [7, 11) is 1.31. The molecular formula is C14H23NO3. The average molecular weight is 253 g/mol. The highest BCUT2D eigenvalue weighted by Gasteiger charge is 2.13. The fourth-order valence-corrected chi connectivity index (χ4v) is 1.66. The van der Waals surface area contributed by atoms with Crippen molar-refractivity contribution >= 4 is 6.47 Å². The van der Waals surface area contributed by atoms with E-state index < -0.39 is 0 Å². The number of hydrogen-bond acceptors (Lipinski definition) is 4. The number of phenols is 1. The zero-order valence-electron chi connectivity index (χ0n) is 11.6. The summed E-state index contributed by atoms with van der Waals surface area (Å²) >= 11 is 0. The molecule has 18 heavy (non-hydrogen) atoms. The molecule has 0 aliphatic carbocycles. The first-order chi connectivity index (χ1) is 8.67. The molecule has 1 heterocycles. The van der Waals surface area contributed by atoms with Crippen LogP contribution in [0.2, 0.25) is 0 Å². The molecule has 2 rings (SSSR count). The Bertz CT molecular complexity index is 353. The number of methoxy groups -OCH3 is 1. The lowest BCUT2D eigenvalue weighted by molar-refractivity contribution is -0.126. The van der Waals surface area contributed by atoms with Gasteiger partial charge in [-0.15, -0.1) is 0 Å². The zero-order chi connectivity index (χ0) is 14.0. The van der Waals surface area contributed by atoms with E-state index in [4.69, 9.17) is 4.79 Å². The molecule has 0 radical (unpaired) electrons. The van der Waals surface area contributed by atoms with Gasteiger partial charge in [-0.25, -0.2) is 0 Å². The van der Waals surface area contributed by atoms with Crippen LogP contribution in [0.4, 0.5) is 0 Å². The first-order valence-corrected chi connectivity index (χ1v) is 6.18. The molecule has 0 aromatic heterocycles. The lowest BCUT2D eigenvalue weighted by Crippen LogP contribution is -2.32. The average Bonchev–Trinajstić information content (AvgIpc) is 2.41. The van der Waals surface area contributed by atoms with E-state index in [0.29, 0.717) is 18.3 Å². The van der Waals surface area contributed by atoms with Crippen molar-refractivity contribution in [1.29, 1.82) is 0 Å². The Morgan fingerprint density at radius 2 is 2.00 bits per heavy atom. The zero-order valence-corrected chi connectivity index (χ0v) is 11.6. The Balaban J connectivity index is 0.000000415. The van der Waals surface area contributed by atoms with Crippen LogP contribution in [-0.2, 0) is 22.5 Å². The second-order valence-electron chi connectivity index (χ2n) is 3.77. The third-order valence-corrected chi connectivity index (χ3v) is 2.45. The maximum absolute atomic E-state index is 9.25. The van der Waals surface area contributed by atoms with Crippen molar-refractivity contribution in [1.82, 2.24) is 5.32 Å². The van der Waals surface area contributed by atoms with Gasteiger partial charge in [-0.3, -0.25) is 4.79 Å². The lowest BCUT2D eigenvalue weighted by Gasteiger charge is -2.22. The largest absolute Gasteiger partial charge is 0.508 e. The predicted molar refractivity (Wildman–Crippen MR) is 72.5 cm³/mol. The molecule has 0 spiro atoms. The topological polar surface area (TPSA) is 58.6 Å². The van der Waals surface area contributed by atoms with Crippen LogP contribution in [0.5, 0.6) is 5.75 Å². The highest BCUT2D eigenvalue weighted by atomic mass is 16.5. The van der Waals surface area contributed by atoms with Gasteiger partial charge in [0.1, 0.15) is 5.75 Å². The number of aromatic hydroxyl groups is 1. The molecular weight excluding hydrogens is 230 g/mol. The van der Waals surface area contributed by atoms with Crippen molar-refractivity contribution in [2.75, 3.05) is 7.11 Å². The number of phenolic OH excluding ortho intramolecular Hbond substituents is 1. The number of benzene rings is 1. The highest BCUT2D eigenvalue weighted by Crippen LogP contribution is 2.21. The number of rotatable bonds is 1. The molecule has 0 amide bonds. The molecule has 102 valence electrons. The van der Waals surface area contributed by atoms with Crippen LogP contribution in [0.3, 0.4) is 0 Å². The molecule has 4 nitrogen and oxygen atoms in total. The van der Waals surface area contributed by atoms with Gasteiger partial charge in [0, 0.05) is 12.6 Å². The van der Waals surface area contributed by atoms with E-state index in [0.717, 1.165) is 13.0 Å². The van der Waals surface area contributed by atoms with E-state index in [1.807, 2.05) is 26.0 Å². The van der Waals surface area contributed by atoms with Crippen molar-refractivity contribution in [2.24, 2.45) is 0 Å². The SMILES string of the molecule is CC.CC1Cc2cc(O)ccc2CN1.COC=O. The summed E-state index contributed by atoms with van der Waals surface area (Å²) in [4.78, 5) is 8.95. The third-order valence-electron chi connectivity index (χ3n) is 2.45. The summed E-state index contributed by atoms with van der Waals surface area (Å²) in [6.07, 6.45) is 1.02. The second-order valence-corrected chi connectivity index (χ2v) is 3.77. The molecule has 1 aliphatic heterocycles. The van der Waals surface area contributed by atoms with Gasteiger partial charge < -0.3 is 15.2 Å². The van der Waals surface area contributed by atoms with E-state index in [-0.39, 0.29) is 0 Å². The monoisotopic (exact) mass is 253 g/mol. The van der Waals surface area contributed by atoms with Gasteiger partial charge in [-0.05, 0) is 36.6 Å². The first-order valence-electron chi connectivity index (χ1n) is 6.18. The minimum Gasteiger partial charge on any atom is -0.508 e. The maximum Gasteiger partial charge on any atom is 0.292 e. The Hall–Kier alpha value is -1.55. The van der Waals surface area contributed by atoms with E-state index in [1.165, 1.54) is 18.2 Å². The van der Waals surface area contributed by atoms with Crippen molar-refractivity contribution in [3.8, 4) is 5.75 Å². The van der Waals surface area contributed by atoms with Crippen LogP contribution >= 0.6 is 0 Å². The van der Waals surface area contributed by atoms with Gasteiger partial charge in [0.2, 0.25) is 0 Å². The maximum atomic E-state index is 9.25. The fourth-order valence-electron chi connectivity index (χ4n) is 1.66. The van der Waals surface area contributed by atoms with E-state index in [2.05, 4.69) is 17.0 Å². The summed E-state index contributed by atoms with van der Waals surface area (Å²) in [5.74, 6) is 0.378. The molecule has 1 aromatic carbocycles. The molecule has 4 heteroatoms. The molecule has 1 aromatic rings. The normalized spacial score (nSPS) is 16.1. The van der Waals surface area contributed by atoms with E-state index in [9.17, 15) is 5.11 Å². The van der Waals surface area contributed by atoms with E-state index >= 15 is 0 Å². The summed E-state index contributed by atoms with van der Waals surface area (Å²) in [6.45, 7) is 7.46. The van der Waals surface area contributed by atoms with Crippen LogP contribution in [0.25, 0.3) is 0 Å². The fraction of sp³-hybridized carbons (Fsp3) is 0.500. The van der Waals surface area contributed by atoms with Gasteiger partial charge in [0.15, 0.2) is 0 Å². The Morgan fingerprint density at radius 1 is 1.39 bits per heavy atom. The van der Waals surface area contributed by atoms with Crippen LogP contribution in [0.1, 0.15) is 31.9 Å². The third kappa shape index (κ3) is 5.68. The molecule has 0 fully saturated rings. The molecule has 1 atom stereocenters. The van der Waals surface area contributed by atoms with Crippen LogP contribution in [-0.4, -0.2) is 24.7 Å².